The fourth-order valence-electron chi connectivity index (χ4n) is 4.66. The van der Waals surface area contributed by atoms with E-state index in [0.717, 1.165) is 49.8 Å². The van der Waals surface area contributed by atoms with Crippen LogP contribution in [0.1, 0.15) is 0 Å². The molecular weight excluding hydrogens is 454 g/mol. The standard InChI is InChI=1S/C33H21N3O/c1-4-10-22(11-5-1)25-16-18-27-28-20-26(17-19-29(28)37-30(27)21-25)33-35-31(23-12-6-2-7-13-23)34-32(36-33)24-14-8-3-9-15-24/h1-21H. The van der Waals surface area contributed by atoms with Crippen molar-refractivity contribution < 1.29 is 4.42 Å². The van der Waals surface area contributed by atoms with Gasteiger partial charge in [0, 0.05) is 27.5 Å². The summed E-state index contributed by atoms with van der Waals surface area (Å²) in [5, 5.41) is 2.10. The Morgan fingerprint density at radius 1 is 0.351 bits per heavy atom. The zero-order valence-corrected chi connectivity index (χ0v) is 19.9. The second-order valence-corrected chi connectivity index (χ2v) is 8.93. The van der Waals surface area contributed by atoms with E-state index in [-0.39, 0.29) is 0 Å². The highest BCUT2D eigenvalue weighted by Crippen LogP contribution is 2.35. The van der Waals surface area contributed by atoms with Gasteiger partial charge in [-0.15, -0.1) is 0 Å². The average molecular weight is 476 g/mol. The van der Waals surface area contributed by atoms with Crippen LogP contribution < -0.4 is 0 Å². The second-order valence-electron chi connectivity index (χ2n) is 8.93. The van der Waals surface area contributed by atoms with E-state index in [9.17, 15) is 0 Å². The molecule has 0 N–H and O–H groups in total. The molecule has 0 unspecified atom stereocenters. The van der Waals surface area contributed by atoms with Crippen LogP contribution in [0.3, 0.4) is 0 Å². The molecule has 4 nitrogen and oxygen atoms in total. The van der Waals surface area contributed by atoms with Gasteiger partial charge in [0.05, 0.1) is 0 Å². The maximum Gasteiger partial charge on any atom is 0.164 e. The van der Waals surface area contributed by atoms with Gasteiger partial charge in [0.15, 0.2) is 17.5 Å². The summed E-state index contributed by atoms with van der Waals surface area (Å²) >= 11 is 0. The van der Waals surface area contributed by atoms with Gasteiger partial charge < -0.3 is 4.42 Å². The first-order valence-electron chi connectivity index (χ1n) is 12.2. The van der Waals surface area contributed by atoms with Crippen LogP contribution in [0.5, 0.6) is 0 Å². The van der Waals surface area contributed by atoms with Crippen molar-refractivity contribution in [1.29, 1.82) is 0 Å². The lowest BCUT2D eigenvalue weighted by Crippen LogP contribution is -2.00. The highest BCUT2D eigenvalue weighted by atomic mass is 16.3. The van der Waals surface area contributed by atoms with E-state index in [0.29, 0.717) is 17.5 Å². The van der Waals surface area contributed by atoms with Gasteiger partial charge in [-0.1, -0.05) is 97.1 Å². The number of fused-ring (bicyclic) bond motifs is 3. The third-order valence-corrected chi connectivity index (χ3v) is 6.54. The number of furan rings is 1. The zero-order chi connectivity index (χ0) is 24.6. The lowest BCUT2D eigenvalue weighted by atomic mass is 10.0. The Balaban J connectivity index is 1.38. The van der Waals surface area contributed by atoms with E-state index in [2.05, 4.69) is 36.4 Å². The molecule has 0 spiro atoms. The van der Waals surface area contributed by atoms with Crippen molar-refractivity contribution >= 4 is 21.9 Å². The number of aromatic nitrogens is 3. The van der Waals surface area contributed by atoms with Crippen molar-refractivity contribution in [2.75, 3.05) is 0 Å². The molecule has 0 amide bonds. The summed E-state index contributed by atoms with van der Waals surface area (Å²) in [6.45, 7) is 0. The van der Waals surface area contributed by atoms with Gasteiger partial charge in [-0.25, -0.2) is 15.0 Å². The molecular formula is C33H21N3O. The van der Waals surface area contributed by atoms with Gasteiger partial charge in [0.1, 0.15) is 11.2 Å². The van der Waals surface area contributed by atoms with Gasteiger partial charge in [-0.3, -0.25) is 0 Å². The molecule has 0 aliphatic heterocycles. The summed E-state index contributed by atoms with van der Waals surface area (Å²) in [5.74, 6) is 1.92. The maximum atomic E-state index is 6.24. The highest BCUT2D eigenvalue weighted by Gasteiger charge is 2.15. The van der Waals surface area contributed by atoms with E-state index < -0.39 is 0 Å². The van der Waals surface area contributed by atoms with Crippen LogP contribution >= 0.6 is 0 Å². The van der Waals surface area contributed by atoms with Crippen molar-refractivity contribution in [3.63, 3.8) is 0 Å². The van der Waals surface area contributed by atoms with Gasteiger partial charge in [0.25, 0.3) is 0 Å². The lowest BCUT2D eigenvalue weighted by Gasteiger charge is -2.08. The van der Waals surface area contributed by atoms with E-state index in [4.69, 9.17) is 19.4 Å². The summed E-state index contributed by atoms with van der Waals surface area (Å²) in [5.41, 5.74) is 6.81. The van der Waals surface area contributed by atoms with E-state index >= 15 is 0 Å². The molecule has 174 valence electrons. The molecule has 37 heavy (non-hydrogen) atoms. The Labute approximate surface area is 213 Å². The summed E-state index contributed by atoms with van der Waals surface area (Å²) in [6, 6.07) is 42.9. The molecule has 0 aliphatic rings. The zero-order valence-electron chi connectivity index (χ0n) is 19.9. The topological polar surface area (TPSA) is 51.8 Å². The lowest BCUT2D eigenvalue weighted by molar-refractivity contribution is 0.669. The predicted octanol–water partition coefficient (Wildman–Crippen LogP) is 8.44. The fourth-order valence-corrected chi connectivity index (χ4v) is 4.66. The van der Waals surface area contributed by atoms with Crippen molar-refractivity contribution in [3.05, 3.63) is 127 Å². The van der Waals surface area contributed by atoms with E-state index in [1.807, 2.05) is 91.0 Å². The molecule has 0 saturated heterocycles. The third kappa shape index (κ3) is 3.95. The molecule has 0 bridgehead atoms. The fraction of sp³-hybridized carbons (Fsp3) is 0. The first-order valence-corrected chi connectivity index (χ1v) is 12.2. The van der Waals surface area contributed by atoms with Crippen LogP contribution in [0.2, 0.25) is 0 Å². The Kier molecular flexibility index (Phi) is 5.07. The smallest absolute Gasteiger partial charge is 0.164 e. The molecule has 4 heteroatoms. The maximum absolute atomic E-state index is 6.24. The van der Waals surface area contributed by atoms with Crippen molar-refractivity contribution in [2.45, 2.75) is 0 Å². The molecule has 0 atom stereocenters. The van der Waals surface area contributed by atoms with E-state index in [1.165, 1.54) is 0 Å². The minimum atomic E-state index is 0.630. The molecule has 0 fully saturated rings. The molecule has 2 aromatic heterocycles. The number of benzene rings is 5. The monoisotopic (exact) mass is 475 g/mol. The molecule has 0 aliphatic carbocycles. The van der Waals surface area contributed by atoms with Crippen LogP contribution in [-0.2, 0) is 0 Å². The number of hydrogen-bond acceptors (Lipinski definition) is 4. The summed E-state index contributed by atoms with van der Waals surface area (Å²) in [7, 11) is 0. The summed E-state index contributed by atoms with van der Waals surface area (Å²) in [6.07, 6.45) is 0. The molecule has 7 aromatic rings. The first-order chi connectivity index (χ1) is 18.3. The number of nitrogens with zero attached hydrogens (tertiary/aromatic N) is 3. The van der Waals surface area contributed by atoms with Crippen LogP contribution in [0.15, 0.2) is 132 Å². The average Bonchev–Trinajstić information content (AvgIpc) is 3.35. The molecule has 2 heterocycles. The third-order valence-electron chi connectivity index (χ3n) is 6.54. The highest BCUT2D eigenvalue weighted by molar-refractivity contribution is 6.07. The van der Waals surface area contributed by atoms with Gasteiger partial charge >= 0.3 is 0 Å². The molecule has 0 saturated carbocycles. The van der Waals surface area contributed by atoms with Crippen LogP contribution in [0.4, 0.5) is 0 Å². The Morgan fingerprint density at radius 3 is 1.46 bits per heavy atom. The van der Waals surface area contributed by atoms with Crippen molar-refractivity contribution in [1.82, 2.24) is 15.0 Å². The minimum absolute atomic E-state index is 0.630. The summed E-state index contributed by atoms with van der Waals surface area (Å²) < 4.78 is 6.24. The van der Waals surface area contributed by atoms with Gasteiger partial charge in [-0.05, 0) is 41.5 Å². The van der Waals surface area contributed by atoms with Crippen molar-refractivity contribution in [3.8, 4) is 45.3 Å². The Hall–Kier alpha value is -5.09. The molecule has 7 rings (SSSR count). The quantitative estimate of drug-likeness (QED) is 0.256. The van der Waals surface area contributed by atoms with Gasteiger partial charge in [-0.2, -0.15) is 0 Å². The normalized spacial score (nSPS) is 11.2. The molecule has 0 radical (unpaired) electrons. The largest absolute Gasteiger partial charge is 0.456 e. The Bertz CT molecular complexity index is 1800. The SMILES string of the molecule is c1ccc(-c2ccc3c(c2)oc2ccc(-c4nc(-c5ccccc5)nc(-c5ccccc5)n4)cc23)cc1. The minimum Gasteiger partial charge on any atom is -0.456 e. The van der Waals surface area contributed by atoms with Crippen LogP contribution in [-0.4, -0.2) is 15.0 Å². The van der Waals surface area contributed by atoms with Gasteiger partial charge in [0.2, 0.25) is 0 Å². The van der Waals surface area contributed by atoms with Crippen molar-refractivity contribution in [2.24, 2.45) is 0 Å². The Morgan fingerprint density at radius 2 is 0.865 bits per heavy atom. The first kappa shape index (κ1) is 21.2. The molecule has 5 aromatic carbocycles. The van der Waals surface area contributed by atoms with E-state index in [1.54, 1.807) is 0 Å². The number of rotatable bonds is 4. The summed E-state index contributed by atoms with van der Waals surface area (Å²) in [4.78, 5) is 14.5. The van der Waals surface area contributed by atoms with Crippen LogP contribution in [0, 0.1) is 0 Å². The van der Waals surface area contributed by atoms with Crippen LogP contribution in [0.25, 0.3) is 67.2 Å². The predicted molar refractivity (Wildman–Crippen MR) is 149 cm³/mol. The second kappa shape index (κ2) is 8.85. The number of hydrogen-bond donors (Lipinski definition) is 0.